The highest BCUT2D eigenvalue weighted by molar-refractivity contribution is 5.37. The summed E-state index contributed by atoms with van der Waals surface area (Å²) in [6.45, 7) is 5.83. The monoisotopic (exact) mass is 336 g/mol. The zero-order valence-corrected chi connectivity index (χ0v) is 13.7. The Labute approximate surface area is 138 Å². The number of benzene rings is 2. The number of rotatable bonds is 3. The molecule has 1 unspecified atom stereocenters. The average molecular weight is 336 g/mol. The number of halogens is 4. The van der Waals surface area contributed by atoms with E-state index in [9.17, 15) is 17.6 Å². The summed E-state index contributed by atoms with van der Waals surface area (Å²) in [5.41, 5.74) is 1.49. The summed E-state index contributed by atoms with van der Waals surface area (Å²) in [5.74, 6) is -4.52. The van der Waals surface area contributed by atoms with Crippen molar-refractivity contribution in [1.29, 1.82) is 0 Å². The molecule has 0 amide bonds. The predicted octanol–water partition coefficient (Wildman–Crippen LogP) is 5.85. The summed E-state index contributed by atoms with van der Waals surface area (Å²) in [4.78, 5) is 4.03. The zero-order chi connectivity index (χ0) is 17.9. The van der Waals surface area contributed by atoms with Crippen LogP contribution in [-0.4, -0.2) is 6.54 Å². The van der Waals surface area contributed by atoms with Gasteiger partial charge in [-0.2, -0.15) is 0 Å². The van der Waals surface area contributed by atoms with Gasteiger partial charge in [-0.05, 0) is 41.3 Å². The van der Waals surface area contributed by atoms with Crippen LogP contribution in [0, 0.1) is 29.3 Å². The standard InChI is InChI=1S/C19H18F4N/c1-11(2)13-4-5-16(20)15(6-13)10-24-9-12(3)14-7-17(21)19(23)18(22)8-14/h4-8,11-12H,9H2,1-3H3/q+1. The van der Waals surface area contributed by atoms with Gasteiger partial charge in [0, 0.05) is 0 Å². The summed E-state index contributed by atoms with van der Waals surface area (Å²) in [6, 6.07) is 9.26. The third-order valence-electron chi connectivity index (χ3n) is 3.80. The van der Waals surface area contributed by atoms with Crippen LogP contribution in [0.1, 0.15) is 49.3 Å². The van der Waals surface area contributed by atoms with Gasteiger partial charge in [-0.1, -0.05) is 31.7 Å². The molecule has 2 aromatic rings. The molecular formula is C19H18F4N+. The van der Waals surface area contributed by atoms with Crippen LogP contribution < -0.4 is 0 Å². The van der Waals surface area contributed by atoms with E-state index in [4.69, 9.17) is 0 Å². The first-order chi connectivity index (χ1) is 11.3. The van der Waals surface area contributed by atoms with Gasteiger partial charge in [0.1, 0.15) is 11.4 Å². The van der Waals surface area contributed by atoms with Crippen molar-refractivity contribution in [2.24, 2.45) is 0 Å². The van der Waals surface area contributed by atoms with E-state index in [0.717, 1.165) is 17.7 Å². The Hall–Kier alpha value is -2.35. The molecule has 0 bridgehead atoms. The molecule has 0 aliphatic heterocycles. The fraction of sp³-hybridized carbons (Fsp3) is 0.316. The molecule has 0 saturated carbocycles. The molecule has 0 saturated heterocycles. The highest BCUT2D eigenvalue weighted by atomic mass is 19.2. The molecule has 0 heterocycles. The van der Waals surface area contributed by atoms with Crippen molar-refractivity contribution in [3.05, 3.63) is 75.1 Å². The Morgan fingerprint density at radius 1 is 0.875 bits per heavy atom. The van der Waals surface area contributed by atoms with Gasteiger partial charge >= 0.3 is 6.07 Å². The maximum Gasteiger partial charge on any atom is 0.314 e. The molecule has 126 valence electrons. The van der Waals surface area contributed by atoms with Crippen LogP contribution in [0.4, 0.5) is 17.6 Å². The van der Waals surface area contributed by atoms with Crippen molar-refractivity contribution in [2.45, 2.75) is 32.6 Å². The van der Waals surface area contributed by atoms with E-state index in [1.807, 2.05) is 13.8 Å². The minimum absolute atomic E-state index is 0.149. The summed E-state index contributed by atoms with van der Waals surface area (Å²) in [6.07, 6.45) is 0. The van der Waals surface area contributed by atoms with Gasteiger partial charge in [-0.15, -0.1) is 0 Å². The van der Waals surface area contributed by atoms with Crippen molar-refractivity contribution in [2.75, 3.05) is 6.54 Å². The second-order valence-electron chi connectivity index (χ2n) is 6.05. The van der Waals surface area contributed by atoms with Crippen molar-refractivity contribution in [3.8, 4) is 6.07 Å². The highest BCUT2D eigenvalue weighted by Gasteiger charge is 2.17. The molecule has 0 aliphatic rings. The summed E-state index contributed by atoms with van der Waals surface area (Å²) in [5, 5.41) is 0. The Kier molecular flexibility index (Phi) is 5.61. The second-order valence-corrected chi connectivity index (χ2v) is 6.05. The molecule has 0 spiro atoms. The maximum absolute atomic E-state index is 13.8. The summed E-state index contributed by atoms with van der Waals surface area (Å²) >= 11 is 0. The summed E-state index contributed by atoms with van der Waals surface area (Å²) in [7, 11) is 0. The molecule has 0 radical (unpaired) electrons. The van der Waals surface area contributed by atoms with Crippen molar-refractivity contribution >= 4 is 0 Å². The average Bonchev–Trinajstić information content (AvgIpc) is 2.53. The molecule has 2 rings (SSSR count). The fourth-order valence-electron chi connectivity index (χ4n) is 2.22. The van der Waals surface area contributed by atoms with E-state index in [-0.39, 0.29) is 29.5 Å². The smallest absolute Gasteiger partial charge is 0.205 e. The molecule has 0 fully saturated rings. The fourth-order valence-corrected chi connectivity index (χ4v) is 2.22. The molecular weight excluding hydrogens is 318 g/mol. The van der Waals surface area contributed by atoms with E-state index in [1.54, 1.807) is 19.1 Å². The number of hydrogen-bond donors (Lipinski definition) is 0. The van der Waals surface area contributed by atoms with E-state index < -0.39 is 23.3 Å². The second kappa shape index (κ2) is 7.48. The third-order valence-corrected chi connectivity index (χ3v) is 3.80. The molecule has 1 atom stereocenters. The zero-order valence-electron chi connectivity index (χ0n) is 13.7. The Morgan fingerprint density at radius 3 is 2.08 bits per heavy atom. The van der Waals surface area contributed by atoms with Gasteiger partial charge in [0.2, 0.25) is 0 Å². The van der Waals surface area contributed by atoms with Crippen molar-refractivity contribution in [3.63, 3.8) is 0 Å². The van der Waals surface area contributed by atoms with E-state index >= 15 is 0 Å². The van der Waals surface area contributed by atoms with Crippen LogP contribution in [0.25, 0.3) is 4.85 Å². The van der Waals surface area contributed by atoms with Crippen LogP contribution in [0.5, 0.6) is 0 Å². The van der Waals surface area contributed by atoms with Gasteiger partial charge in [0.25, 0.3) is 6.54 Å². The Bertz CT molecular complexity index is 780. The largest absolute Gasteiger partial charge is 0.314 e. The van der Waals surface area contributed by atoms with Gasteiger partial charge in [0.05, 0.1) is 5.92 Å². The Morgan fingerprint density at radius 2 is 1.50 bits per heavy atom. The van der Waals surface area contributed by atoms with E-state index in [2.05, 4.69) is 10.9 Å². The normalized spacial score (nSPS) is 12.0. The third kappa shape index (κ3) is 4.14. The highest BCUT2D eigenvalue weighted by Crippen LogP contribution is 2.21. The molecule has 2 aromatic carbocycles. The molecule has 0 N–H and O–H groups in total. The van der Waals surface area contributed by atoms with Gasteiger partial charge < -0.3 is 0 Å². The van der Waals surface area contributed by atoms with Crippen LogP contribution in [0.2, 0.25) is 0 Å². The first kappa shape index (κ1) is 18.0. The number of nitrogens with zero attached hydrogens (tertiary/aromatic N) is 1. The predicted molar refractivity (Wildman–Crippen MR) is 86.4 cm³/mol. The lowest BCUT2D eigenvalue weighted by molar-refractivity contribution is 0.444. The lowest BCUT2D eigenvalue weighted by atomic mass is 10.0. The van der Waals surface area contributed by atoms with Crippen LogP contribution in [-0.2, 0) is 0 Å². The lowest BCUT2D eigenvalue weighted by Gasteiger charge is -2.05. The van der Waals surface area contributed by atoms with Gasteiger partial charge in [0.15, 0.2) is 17.5 Å². The molecule has 0 aromatic heterocycles. The summed E-state index contributed by atoms with van der Waals surface area (Å²) < 4.78 is 53.2. The SMILES string of the molecule is CC(C)c1ccc(F)c(C#[N+]CC(C)c2cc(F)c(F)c(F)c2)c1. The topological polar surface area (TPSA) is 4.36 Å². The quantitative estimate of drug-likeness (QED) is 0.489. The molecule has 24 heavy (non-hydrogen) atoms. The van der Waals surface area contributed by atoms with Crippen molar-refractivity contribution in [1.82, 2.24) is 0 Å². The molecule has 1 nitrogen and oxygen atoms in total. The van der Waals surface area contributed by atoms with Crippen molar-refractivity contribution < 1.29 is 17.6 Å². The molecule has 5 heteroatoms. The van der Waals surface area contributed by atoms with E-state index in [1.165, 1.54) is 6.07 Å². The minimum atomic E-state index is -1.49. The van der Waals surface area contributed by atoms with E-state index in [0.29, 0.717) is 0 Å². The van der Waals surface area contributed by atoms with Crippen LogP contribution in [0.3, 0.4) is 0 Å². The number of hydrogen-bond acceptors (Lipinski definition) is 0. The minimum Gasteiger partial charge on any atom is -0.205 e. The Balaban J connectivity index is 2.17. The first-order valence-corrected chi connectivity index (χ1v) is 7.66. The van der Waals surface area contributed by atoms with Gasteiger partial charge in [-0.25, -0.2) is 17.6 Å². The lowest BCUT2D eigenvalue weighted by Crippen LogP contribution is -2.01. The van der Waals surface area contributed by atoms with Crippen LogP contribution in [0.15, 0.2) is 30.3 Å². The van der Waals surface area contributed by atoms with Crippen LogP contribution >= 0.6 is 0 Å². The molecule has 0 aliphatic carbocycles. The first-order valence-electron chi connectivity index (χ1n) is 7.66. The van der Waals surface area contributed by atoms with Gasteiger partial charge in [-0.3, -0.25) is 0 Å². The maximum atomic E-state index is 13.8.